The number of piperidine rings is 1. The van der Waals surface area contributed by atoms with Gasteiger partial charge in [-0.05, 0) is 38.3 Å². The average molecular weight is 537 g/mol. The summed E-state index contributed by atoms with van der Waals surface area (Å²) in [5.41, 5.74) is 2.52. The van der Waals surface area contributed by atoms with Gasteiger partial charge in [-0.2, -0.15) is 0 Å². The van der Waals surface area contributed by atoms with Crippen LogP contribution < -0.4 is 15.5 Å². The van der Waals surface area contributed by atoms with Crippen LogP contribution in [0.2, 0.25) is 0 Å². The first-order valence-electron chi connectivity index (χ1n) is 11.0. The van der Waals surface area contributed by atoms with Crippen LogP contribution in [0.5, 0.6) is 0 Å². The van der Waals surface area contributed by atoms with Crippen LogP contribution >= 0.6 is 24.0 Å². The Labute approximate surface area is 204 Å². The van der Waals surface area contributed by atoms with Crippen LogP contribution in [-0.2, 0) is 13.1 Å². The fourth-order valence-corrected chi connectivity index (χ4v) is 4.04. The summed E-state index contributed by atoms with van der Waals surface area (Å²) in [6.07, 6.45) is 4.07. The molecule has 2 unspecified atom stereocenters. The van der Waals surface area contributed by atoms with Gasteiger partial charge >= 0.3 is 0 Å². The molecule has 170 valence electrons. The lowest BCUT2D eigenvalue weighted by Gasteiger charge is -2.38. The number of nitrogens with zero attached hydrogens (tertiary/aromatic N) is 4. The van der Waals surface area contributed by atoms with Crippen molar-refractivity contribution in [1.29, 1.82) is 0 Å². The van der Waals surface area contributed by atoms with Crippen LogP contribution in [0, 0.1) is 0 Å². The summed E-state index contributed by atoms with van der Waals surface area (Å²) < 4.78 is 0. The zero-order valence-corrected chi connectivity index (χ0v) is 21.5. The lowest BCUT2D eigenvalue weighted by atomic mass is 9.97. The van der Waals surface area contributed by atoms with Crippen LogP contribution in [0.3, 0.4) is 0 Å². The van der Waals surface area contributed by atoms with Gasteiger partial charge in [0.1, 0.15) is 5.82 Å². The first-order valence-corrected chi connectivity index (χ1v) is 11.0. The molecule has 2 N–H and O–H groups in total. The number of rotatable bonds is 7. The van der Waals surface area contributed by atoms with Gasteiger partial charge in [0.15, 0.2) is 5.96 Å². The predicted molar refractivity (Wildman–Crippen MR) is 141 cm³/mol. The number of aliphatic imine (C=N–C) groups is 1. The van der Waals surface area contributed by atoms with Crippen LogP contribution in [0.25, 0.3) is 0 Å². The molecule has 7 heteroatoms. The monoisotopic (exact) mass is 536 g/mol. The highest BCUT2D eigenvalue weighted by molar-refractivity contribution is 14.0. The van der Waals surface area contributed by atoms with Crippen molar-refractivity contribution >= 4 is 35.8 Å². The molecule has 1 saturated heterocycles. The lowest BCUT2D eigenvalue weighted by Crippen LogP contribution is -2.51. The Kier molecular flexibility index (Phi) is 10.5. The Morgan fingerprint density at radius 3 is 2.65 bits per heavy atom. The molecule has 2 heterocycles. The van der Waals surface area contributed by atoms with Gasteiger partial charge < -0.3 is 15.5 Å². The molecule has 31 heavy (non-hydrogen) atoms. The van der Waals surface area contributed by atoms with Crippen LogP contribution in [0.1, 0.15) is 37.8 Å². The van der Waals surface area contributed by atoms with Crippen LogP contribution in [0.4, 0.5) is 5.82 Å². The highest BCUT2D eigenvalue weighted by Gasteiger charge is 2.26. The number of anilines is 1. The molecule has 0 aliphatic carbocycles. The average Bonchev–Trinajstić information content (AvgIpc) is 2.75. The van der Waals surface area contributed by atoms with E-state index in [1.807, 2.05) is 31.3 Å². The fourth-order valence-electron chi connectivity index (χ4n) is 4.04. The number of likely N-dealkylation sites (tertiary alicyclic amines) is 1. The molecule has 0 amide bonds. The Hall–Kier alpha value is -1.87. The Balaban J connectivity index is 0.00000341. The van der Waals surface area contributed by atoms with E-state index in [1.165, 1.54) is 5.56 Å². The number of guanidine groups is 1. The second-order valence-electron chi connectivity index (χ2n) is 8.25. The molecule has 6 nitrogen and oxygen atoms in total. The van der Waals surface area contributed by atoms with Crippen molar-refractivity contribution in [1.82, 2.24) is 20.5 Å². The summed E-state index contributed by atoms with van der Waals surface area (Å²) in [4.78, 5) is 13.9. The number of aromatic nitrogens is 1. The van der Waals surface area contributed by atoms with Crippen molar-refractivity contribution in [3.63, 3.8) is 0 Å². The van der Waals surface area contributed by atoms with Crippen molar-refractivity contribution in [3.05, 3.63) is 59.8 Å². The van der Waals surface area contributed by atoms with Gasteiger partial charge in [0.2, 0.25) is 0 Å². The molecule has 3 rings (SSSR count). The molecule has 0 radical (unpaired) electrons. The number of pyridine rings is 1. The molecule has 1 fully saturated rings. The fraction of sp³-hybridized carbons (Fsp3) is 0.500. The Morgan fingerprint density at radius 2 is 1.97 bits per heavy atom. The largest absolute Gasteiger partial charge is 0.362 e. The van der Waals surface area contributed by atoms with E-state index >= 15 is 0 Å². The van der Waals surface area contributed by atoms with Gasteiger partial charge in [-0.1, -0.05) is 36.4 Å². The predicted octanol–water partition coefficient (Wildman–Crippen LogP) is 3.87. The summed E-state index contributed by atoms with van der Waals surface area (Å²) in [6, 6.07) is 15.8. The Bertz CT molecular complexity index is 811. The highest BCUT2D eigenvalue weighted by Crippen LogP contribution is 2.20. The van der Waals surface area contributed by atoms with E-state index in [9.17, 15) is 0 Å². The minimum atomic E-state index is 0. The van der Waals surface area contributed by atoms with E-state index in [4.69, 9.17) is 4.99 Å². The third-order valence-electron chi connectivity index (χ3n) is 5.63. The van der Waals surface area contributed by atoms with Gasteiger partial charge in [-0.3, -0.25) is 4.90 Å². The van der Waals surface area contributed by atoms with Crippen molar-refractivity contribution < 1.29 is 0 Å². The van der Waals surface area contributed by atoms with E-state index < -0.39 is 0 Å². The van der Waals surface area contributed by atoms with Gasteiger partial charge in [0, 0.05) is 57.6 Å². The van der Waals surface area contributed by atoms with Gasteiger partial charge in [0.25, 0.3) is 0 Å². The second kappa shape index (κ2) is 12.9. The van der Waals surface area contributed by atoms with E-state index in [0.717, 1.165) is 49.8 Å². The maximum absolute atomic E-state index is 4.85. The maximum atomic E-state index is 4.85. The zero-order valence-electron chi connectivity index (χ0n) is 19.2. The maximum Gasteiger partial charge on any atom is 0.191 e. The molecular weight excluding hydrogens is 499 g/mol. The first kappa shape index (κ1) is 25.4. The number of benzene rings is 1. The van der Waals surface area contributed by atoms with Gasteiger partial charge in [0.05, 0.1) is 6.54 Å². The topological polar surface area (TPSA) is 55.8 Å². The van der Waals surface area contributed by atoms with Crippen molar-refractivity contribution in [2.45, 2.75) is 51.9 Å². The minimum absolute atomic E-state index is 0. The molecule has 0 spiro atoms. The van der Waals surface area contributed by atoms with Gasteiger partial charge in [-0.25, -0.2) is 9.98 Å². The summed E-state index contributed by atoms with van der Waals surface area (Å²) in [5.74, 6) is 1.86. The molecule has 1 aromatic carbocycles. The van der Waals surface area contributed by atoms with Crippen molar-refractivity contribution in [3.8, 4) is 0 Å². The van der Waals surface area contributed by atoms with Crippen molar-refractivity contribution in [2.24, 2.45) is 4.99 Å². The zero-order chi connectivity index (χ0) is 21.3. The molecule has 1 aliphatic rings. The highest BCUT2D eigenvalue weighted by atomic mass is 127. The molecular formula is C24H37IN6. The number of hydrogen-bond acceptors (Lipinski definition) is 4. The summed E-state index contributed by atoms with van der Waals surface area (Å²) >= 11 is 0. The normalized spacial score (nSPS) is 19.4. The number of hydrogen-bond donors (Lipinski definition) is 2. The molecule has 0 bridgehead atoms. The quantitative estimate of drug-likeness (QED) is 0.320. The van der Waals surface area contributed by atoms with E-state index in [0.29, 0.717) is 18.6 Å². The Morgan fingerprint density at radius 1 is 1.19 bits per heavy atom. The summed E-state index contributed by atoms with van der Waals surface area (Å²) in [5, 5.41) is 7.07. The molecule has 1 aliphatic heterocycles. The third-order valence-corrected chi connectivity index (χ3v) is 5.63. The SMILES string of the molecule is CCNC(=NCc1cccnc1N(C)C)NC1CCN(Cc2ccccc2)C(C)C1.I. The summed E-state index contributed by atoms with van der Waals surface area (Å²) in [7, 11) is 4.03. The minimum Gasteiger partial charge on any atom is -0.362 e. The van der Waals surface area contributed by atoms with E-state index in [2.05, 4.69) is 70.8 Å². The molecule has 2 aromatic rings. The van der Waals surface area contributed by atoms with Gasteiger partial charge in [-0.15, -0.1) is 24.0 Å². The molecule has 0 saturated carbocycles. The first-order chi connectivity index (χ1) is 14.6. The smallest absolute Gasteiger partial charge is 0.191 e. The summed E-state index contributed by atoms with van der Waals surface area (Å²) in [6.45, 7) is 8.02. The lowest BCUT2D eigenvalue weighted by molar-refractivity contribution is 0.134. The van der Waals surface area contributed by atoms with E-state index in [1.54, 1.807) is 0 Å². The van der Waals surface area contributed by atoms with Crippen LogP contribution in [0.15, 0.2) is 53.7 Å². The van der Waals surface area contributed by atoms with Crippen LogP contribution in [-0.4, -0.2) is 55.1 Å². The molecule has 2 atom stereocenters. The third kappa shape index (κ3) is 7.64. The van der Waals surface area contributed by atoms with E-state index in [-0.39, 0.29) is 24.0 Å². The second-order valence-corrected chi connectivity index (χ2v) is 8.25. The number of nitrogens with one attached hydrogen (secondary N) is 2. The molecule has 1 aromatic heterocycles. The number of halogens is 1. The van der Waals surface area contributed by atoms with Crippen molar-refractivity contribution in [2.75, 3.05) is 32.1 Å². The standard InChI is InChI=1S/C24H36N6.HI/c1-5-25-24(27-17-21-12-9-14-26-23(21)29(3)4)28-22-13-15-30(19(2)16-22)18-20-10-7-6-8-11-20;/h6-12,14,19,22H,5,13,15-18H2,1-4H3,(H2,25,27,28);1H.